The lowest BCUT2D eigenvalue weighted by Crippen LogP contribution is -2.56. The summed E-state index contributed by atoms with van der Waals surface area (Å²) in [7, 11) is 0. The van der Waals surface area contributed by atoms with Crippen molar-refractivity contribution >= 4 is 39.4 Å². The molecular weight excluding hydrogens is 553 g/mol. The van der Waals surface area contributed by atoms with Crippen molar-refractivity contribution in [2.75, 3.05) is 18.0 Å². The molecule has 3 heterocycles. The Morgan fingerprint density at radius 3 is 2.62 bits per heavy atom. The fourth-order valence-corrected chi connectivity index (χ4v) is 5.66. The minimum atomic E-state index is -1.61. The number of carbonyl (C=O) groups is 2. The Kier molecular flexibility index (Phi) is 7.09. The first-order valence-electron chi connectivity index (χ1n) is 13.6. The van der Waals surface area contributed by atoms with Crippen LogP contribution in [0.1, 0.15) is 48.1 Å². The van der Waals surface area contributed by atoms with Gasteiger partial charge < -0.3 is 24.6 Å². The van der Waals surface area contributed by atoms with Crippen LogP contribution in [0.5, 0.6) is 0 Å². The van der Waals surface area contributed by atoms with Crippen LogP contribution < -0.4 is 15.6 Å². The number of ether oxygens (including phenoxy) is 1. The average molecular weight is 581 g/mol. The average Bonchev–Trinajstić information content (AvgIpc) is 3.80. The Hall–Kier alpha value is -4.45. The second kappa shape index (κ2) is 10.8. The summed E-state index contributed by atoms with van der Waals surface area (Å²) in [6.45, 7) is 1.81. The normalized spacial score (nSPS) is 18.9. The number of carbonyl (C=O) groups excluding carboxylic acids is 1. The van der Waals surface area contributed by atoms with Crippen LogP contribution in [0.15, 0.2) is 47.5 Å². The van der Waals surface area contributed by atoms with Crippen LogP contribution in [0.25, 0.3) is 21.8 Å². The van der Waals surface area contributed by atoms with Gasteiger partial charge in [0.15, 0.2) is 17.5 Å². The first-order valence-corrected chi connectivity index (χ1v) is 13.6. The molecule has 0 spiro atoms. The van der Waals surface area contributed by atoms with Gasteiger partial charge in [-0.1, -0.05) is 18.2 Å². The third-order valence-corrected chi connectivity index (χ3v) is 7.67. The highest BCUT2D eigenvalue weighted by molar-refractivity contribution is 5.94. The molecule has 2 fully saturated rings. The molecule has 9 nitrogen and oxygen atoms in total. The van der Waals surface area contributed by atoms with E-state index in [1.807, 2.05) is 30.3 Å². The van der Waals surface area contributed by atoms with Crippen molar-refractivity contribution in [3.8, 4) is 0 Å². The number of nitrogens with one attached hydrogen (secondary N) is 1. The molecule has 2 aliphatic rings. The number of halogens is 3. The number of carboxylic acid groups (broad SMARTS) is 1. The van der Waals surface area contributed by atoms with E-state index in [9.17, 15) is 19.5 Å². The number of hydrogen-bond donors (Lipinski definition) is 2. The zero-order valence-electron chi connectivity index (χ0n) is 22.6. The van der Waals surface area contributed by atoms with Gasteiger partial charge in [0.2, 0.25) is 5.43 Å². The topological polar surface area (TPSA) is 114 Å². The van der Waals surface area contributed by atoms with Gasteiger partial charge in [-0.05, 0) is 31.9 Å². The third kappa shape index (κ3) is 5.06. The van der Waals surface area contributed by atoms with E-state index in [0.29, 0.717) is 18.4 Å². The highest BCUT2D eigenvalue weighted by atomic mass is 19.2. The summed E-state index contributed by atoms with van der Waals surface area (Å²) in [5.41, 5.74) is -1.65. The number of para-hydroxylation sites is 1. The Morgan fingerprint density at radius 2 is 1.88 bits per heavy atom. The van der Waals surface area contributed by atoms with Gasteiger partial charge in [-0.25, -0.2) is 18.0 Å². The molecule has 2 aromatic carbocycles. The number of aromatic carboxylic acids is 1. The van der Waals surface area contributed by atoms with Crippen LogP contribution >= 0.6 is 0 Å². The third-order valence-electron chi connectivity index (χ3n) is 7.67. The summed E-state index contributed by atoms with van der Waals surface area (Å²) >= 11 is 0. The van der Waals surface area contributed by atoms with Crippen LogP contribution in [0, 0.1) is 17.5 Å². The quantitative estimate of drug-likeness (QED) is 0.246. The molecule has 0 amide bonds. The monoisotopic (exact) mass is 580 g/mol. The lowest BCUT2D eigenvalue weighted by molar-refractivity contribution is -0.145. The molecule has 218 valence electrons. The van der Waals surface area contributed by atoms with E-state index in [-0.39, 0.29) is 38.2 Å². The molecule has 12 heteroatoms. The number of piperazine rings is 1. The first-order chi connectivity index (χ1) is 20.1. The van der Waals surface area contributed by atoms with Crippen molar-refractivity contribution < 1.29 is 32.6 Å². The van der Waals surface area contributed by atoms with Crippen molar-refractivity contribution in [2.24, 2.45) is 0 Å². The molecule has 1 saturated carbocycles. The van der Waals surface area contributed by atoms with Crippen molar-refractivity contribution in [1.29, 1.82) is 0 Å². The lowest BCUT2D eigenvalue weighted by atomic mass is 10.0. The zero-order chi connectivity index (χ0) is 29.7. The fraction of sp³-hybridized carbons (Fsp3) is 0.333. The number of rotatable bonds is 7. The summed E-state index contributed by atoms with van der Waals surface area (Å²) in [5.74, 6) is -6.48. The van der Waals surface area contributed by atoms with Gasteiger partial charge in [0.25, 0.3) is 0 Å². The Balaban J connectivity index is 1.26. The van der Waals surface area contributed by atoms with Crippen LogP contribution in [0.2, 0.25) is 0 Å². The van der Waals surface area contributed by atoms with Crippen LogP contribution in [0.3, 0.4) is 0 Å². The second-order valence-electron chi connectivity index (χ2n) is 10.9. The Bertz CT molecular complexity index is 1810. The van der Waals surface area contributed by atoms with E-state index in [0.717, 1.165) is 17.1 Å². The summed E-state index contributed by atoms with van der Waals surface area (Å²) in [5, 5.41) is 12.6. The molecular formula is C30H27F3N4O5. The number of pyridine rings is 2. The van der Waals surface area contributed by atoms with E-state index >= 15 is 13.2 Å². The highest BCUT2D eigenvalue weighted by Gasteiger charge is 2.36. The number of fused-ring (bicyclic) bond motifs is 2. The van der Waals surface area contributed by atoms with Gasteiger partial charge in [-0.2, -0.15) is 0 Å². The molecule has 4 aromatic rings. The standard InChI is InChI=1S/C30H27F3N4O5/c1-15-11-36(12-18(35-15)9-22(38)42-14-16-8-17-4-2-3-5-21(17)34-10-16)28-25(32)24(31)23-27(26(28)33)37(19-6-7-19)13-20(29(23)39)30(40)41/h2-5,8,10,13,15,18-19,35H,6-7,9,11-12,14H2,1H3,(H,40,41)/t15-,18+/m1/s1. The van der Waals surface area contributed by atoms with Gasteiger partial charge in [-0.15, -0.1) is 0 Å². The molecule has 1 saturated heterocycles. The molecule has 1 aliphatic heterocycles. The maximum Gasteiger partial charge on any atom is 0.341 e. The Morgan fingerprint density at radius 1 is 1.12 bits per heavy atom. The predicted octanol–water partition coefficient (Wildman–Crippen LogP) is 4.30. The minimum absolute atomic E-state index is 0.00117. The van der Waals surface area contributed by atoms with Crippen molar-refractivity contribution in [1.82, 2.24) is 14.9 Å². The van der Waals surface area contributed by atoms with E-state index in [2.05, 4.69) is 10.3 Å². The molecule has 42 heavy (non-hydrogen) atoms. The number of benzene rings is 2. The van der Waals surface area contributed by atoms with Crippen LogP contribution in [-0.2, 0) is 16.1 Å². The highest BCUT2D eigenvalue weighted by Crippen LogP contribution is 2.41. The maximum atomic E-state index is 16.1. The van der Waals surface area contributed by atoms with Gasteiger partial charge in [0.1, 0.15) is 17.9 Å². The van der Waals surface area contributed by atoms with Gasteiger partial charge in [0, 0.05) is 54.6 Å². The summed E-state index contributed by atoms with van der Waals surface area (Å²) < 4.78 is 53.7. The molecule has 2 N–H and O–H groups in total. The molecule has 0 radical (unpaired) electrons. The Labute approximate surface area is 237 Å². The molecule has 2 atom stereocenters. The van der Waals surface area contributed by atoms with Crippen molar-refractivity contribution in [3.05, 3.63) is 81.5 Å². The first kappa shape index (κ1) is 27.7. The minimum Gasteiger partial charge on any atom is -0.477 e. The largest absolute Gasteiger partial charge is 0.477 e. The molecule has 1 aliphatic carbocycles. The SMILES string of the molecule is C[C@@H]1CN(c2c(F)c(F)c3c(=O)c(C(=O)O)cn(C4CC4)c3c2F)C[C@H](CC(=O)OCc2cnc3ccccc3c2)N1. The zero-order valence-corrected chi connectivity index (χ0v) is 22.6. The molecule has 6 rings (SSSR count). The summed E-state index contributed by atoms with van der Waals surface area (Å²) in [4.78, 5) is 42.8. The maximum absolute atomic E-state index is 16.1. The molecule has 0 bridgehead atoms. The van der Waals surface area contributed by atoms with Crippen molar-refractivity contribution in [3.63, 3.8) is 0 Å². The van der Waals surface area contributed by atoms with Gasteiger partial charge >= 0.3 is 11.9 Å². The lowest BCUT2D eigenvalue weighted by Gasteiger charge is -2.39. The van der Waals surface area contributed by atoms with E-state index in [1.165, 1.54) is 9.47 Å². The second-order valence-corrected chi connectivity index (χ2v) is 10.9. The molecule has 0 unspecified atom stereocenters. The summed E-state index contributed by atoms with van der Waals surface area (Å²) in [6, 6.07) is 8.16. The predicted molar refractivity (Wildman–Crippen MR) is 148 cm³/mol. The summed E-state index contributed by atoms with van der Waals surface area (Å²) in [6.07, 6.45) is 3.66. The number of esters is 1. The van der Waals surface area contributed by atoms with Gasteiger partial charge in [0.05, 0.1) is 22.8 Å². The fourth-order valence-electron chi connectivity index (χ4n) is 5.66. The number of anilines is 1. The van der Waals surface area contributed by atoms with Crippen LogP contribution in [-0.4, -0.2) is 51.8 Å². The number of nitrogens with zero attached hydrogens (tertiary/aromatic N) is 3. The molecule has 2 aromatic heterocycles. The van der Waals surface area contributed by atoms with E-state index in [4.69, 9.17) is 4.74 Å². The number of aromatic nitrogens is 2. The van der Waals surface area contributed by atoms with Gasteiger partial charge in [-0.3, -0.25) is 14.6 Å². The number of hydrogen-bond acceptors (Lipinski definition) is 7. The number of carboxylic acids is 1. The van der Waals surface area contributed by atoms with Crippen LogP contribution in [0.4, 0.5) is 18.9 Å². The van der Waals surface area contributed by atoms with Crippen molar-refractivity contribution in [2.45, 2.75) is 50.9 Å². The smallest absolute Gasteiger partial charge is 0.341 e. The van der Waals surface area contributed by atoms with E-state index in [1.54, 1.807) is 13.1 Å². The van der Waals surface area contributed by atoms with E-state index < -0.39 is 63.0 Å².